The maximum Gasteiger partial charge on any atom is 0.134 e. The predicted molar refractivity (Wildman–Crippen MR) is 78.0 cm³/mol. The Morgan fingerprint density at radius 2 is 1.84 bits per heavy atom. The molecule has 2 saturated carbocycles. The van der Waals surface area contributed by atoms with Crippen molar-refractivity contribution in [3.05, 3.63) is 11.4 Å². The van der Waals surface area contributed by atoms with E-state index in [2.05, 4.69) is 22.2 Å². The molecule has 0 aromatic carbocycles. The van der Waals surface area contributed by atoms with Crippen molar-refractivity contribution in [2.45, 2.75) is 46.0 Å². The van der Waals surface area contributed by atoms with Crippen molar-refractivity contribution in [2.24, 2.45) is 17.8 Å². The summed E-state index contributed by atoms with van der Waals surface area (Å²) in [6.07, 6.45) is 6.53. The van der Waals surface area contributed by atoms with E-state index in [1.54, 1.807) is 0 Å². The average molecular weight is 260 g/mol. The second kappa shape index (κ2) is 4.99. The van der Waals surface area contributed by atoms with Crippen LogP contribution >= 0.6 is 0 Å². The lowest BCUT2D eigenvalue weighted by Crippen LogP contribution is -2.20. The van der Waals surface area contributed by atoms with Gasteiger partial charge >= 0.3 is 0 Å². The summed E-state index contributed by atoms with van der Waals surface area (Å²) >= 11 is 0. The van der Waals surface area contributed by atoms with E-state index in [-0.39, 0.29) is 0 Å². The fraction of sp³-hybridized carbons (Fsp3) is 0.733. The minimum absolute atomic E-state index is 0.615. The minimum Gasteiger partial charge on any atom is -0.383 e. The summed E-state index contributed by atoms with van der Waals surface area (Å²) in [6.45, 7) is 5.11. The number of aromatic nitrogens is 2. The molecule has 1 heterocycles. The van der Waals surface area contributed by atoms with Gasteiger partial charge in [-0.2, -0.15) is 0 Å². The number of aryl methyl sites for hydroxylation is 1. The van der Waals surface area contributed by atoms with Crippen LogP contribution in [0.4, 0.5) is 11.6 Å². The van der Waals surface area contributed by atoms with Crippen LogP contribution in [0.1, 0.15) is 44.0 Å². The summed E-state index contributed by atoms with van der Waals surface area (Å²) in [5.74, 6) is 5.16. The van der Waals surface area contributed by atoms with Crippen LogP contribution in [0.15, 0.2) is 0 Å². The molecule has 4 heteroatoms. The minimum atomic E-state index is 0.615. The first-order valence-electron chi connectivity index (χ1n) is 7.56. The molecule has 1 aromatic rings. The molecule has 3 rings (SSSR count). The van der Waals surface area contributed by atoms with Crippen LogP contribution in [0.5, 0.6) is 0 Å². The molecule has 0 radical (unpaired) electrons. The zero-order valence-electron chi connectivity index (χ0n) is 11.9. The smallest absolute Gasteiger partial charge is 0.134 e. The van der Waals surface area contributed by atoms with Crippen molar-refractivity contribution in [3.8, 4) is 0 Å². The third-order valence-corrected chi connectivity index (χ3v) is 4.51. The average Bonchev–Trinajstić information content (AvgIpc) is 3.27. The molecule has 0 atom stereocenters. The molecule has 0 unspecified atom stereocenters. The van der Waals surface area contributed by atoms with Crippen molar-refractivity contribution in [3.63, 3.8) is 0 Å². The molecule has 0 amide bonds. The second-order valence-electron chi connectivity index (χ2n) is 6.07. The number of anilines is 2. The Hall–Kier alpha value is -1.32. The Morgan fingerprint density at radius 1 is 1.21 bits per heavy atom. The summed E-state index contributed by atoms with van der Waals surface area (Å²) in [4.78, 5) is 8.88. The summed E-state index contributed by atoms with van der Waals surface area (Å²) in [7, 11) is 0. The van der Waals surface area contributed by atoms with E-state index in [1.165, 1.54) is 25.7 Å². The number of hydrogen-bond donors (Lipinski definition) is 2. The molecule has 2 aliphatic carbocycles. The third-order valence-electron chi connectivity index (χ3n) is 4.51. The van der Waals surface area contributed by atoms with Gasteiger partial charge in [-0.1, -0.05) is 6.92 Å². The number of rotatable bonds is 6. The normalized spacial score (nSPS) is 18.9. The van der Waals surface area contributed by atoms with E-state index < -0.39 is 0 Å². The monoisotopic (exact) mass is 260 g/mol. The van der Waals surface area contributed by atoms with Gasteiger partial charge in [0.25, 0.3) is 0 Å². The van der Waals surface area contributed by atoms with Crippen molar-refractivity contribution < 1.29 is 0 Å². The molecular formula is C15H24N4. The topological polar surface area (TPSA) is 63.8 Å². The Labute approximate surface area is 115 Å². The van der Waals surface area contributed by atoms with Crippen LogP contribution in [-0.2, 0) is 6.42 Å². The zero-order chi connectivity index (χ0) is 13.4. The van der Waals surface area contributed by atoms with E-state index in [0.29, 0.717) is 5.82 Å². The molecule has 2 aliphatic rings. The first kappa shape index (κ1) is 12.7. The van der Waals surface area contributed by atoms with E-state index in [1.807, 2.05) is 6.92 Å². The summed E-state index contributed by atoms with van der Waals surface area (Å²) in [5, 5.41) is 3.54. The van der Waals surface area contributed by atoms with Crippen molar-refractivity contribution in [1.82, 2.24) is 9.97 Å². The molecule has 0 aliphatic heterocycles. The van der Waals surface area contributed by atoms with Gasteiger partial charge in [-0.15, -0.1) is 0 Å². The van der Waals surface area contributed by atoms with Gasteiger partial charge in [-0.3, -0.25) is 0 Å². The summed E-state index contributed by atoms with van der Waals surface area (Å²) in [5.41, 5.74) is 6.95. The first-order valence-corrected chi connectivity index (χ1v) is 7.56. The lowest BCUT2D eigenvalue weighted by Gasteiger charge is -2.18. The third kappa shape index (κ3) is 2.82. The largest absolute Gasteiger partial charge is 0.383 e. The molecule has 104 valence electrons. The molecule has 1 aromatic heterocycles. The predicted octanol–water partition coefficient (Wildman–Crippen LogP) is 2.78. The lowest BCUT2D eigenvalue weighted by atomic mass is 9.98. The quantitative estimate of drug-likeness (QED) is 0.825. The molecule has 2 fully saturated rings. The van der Waals surface area contributed by atoms with E-state index >= 15 is 0 Å². The highest BCUT2D eigenvalue weighted by Crippen LogP contribution is 2.49. The van der Waals surface area contributed by atoms with Gasteiger partial charge in [0, 0.05) is 18.5 Å². The molecule has 0 saturated heterocycles. The maximum atomic E-state index is 5.96. The highest BCUT2D eigenvalue weighted by Gasteiger charge is 2.41. The maximum absolute atomic E-state index is 5.96. The van der Waals surface area contributed by atoms with Crippen LogP contribution in [-0.4, -0.2) is 16.5 Å². The van der Waals surface area contributed by atoms with Gasteiger partial charge in [-0.25, -0.2) is 9.97 Å². The Balaban J connectivity index is 1.69. The van der Waals surface area contributed by atoms with Crippen LogP contribution in [0.3, 0.4) is 0 Å². The van der Waals surface area contributed by atoms with E-state index in [4.69, 9.17) is 5.73 Å². The lowest BCUT2D eigenvalue weighted by molar-refractivity contribution is 0.427. The molecule has 19 heavy (non-hydrogen) atoms. The Morgan fingerprint density at radius 3 is 2.37 bits per heavy atom. The zero-order valence-corrected chi connectivity index (χ0v) is 11.9. The number of nitrogens with one attached hydrogen (secondary N) is 1. The standard InChI is InChI=1S/C15H24N4/c1-3-13-18-14(16)9(2)15(19-13)17-8-12(10-4-5-10)11-6-7-11/h10-12H,3-8H2,1-2H3,(H3,16,17,18,19). The second-order valence-corrected chi connectivity index (χ2v) is 6.07. The number of nitrogen functional groups attached to an aromatic ring is 1. The number of nitrogens with zero attached hydrogens (tertiary/aromatic N) is 2. The van der Waals surface area contributed by atoms with Crippen LogP contribution < -0.4 is 11.1 Å². The van der Waals surface area contributed by atoms with Gasteiger partial charge in [0.15, 0.2) is 0 Å². The van der Waals surface area contributed by atoms with Crippen LogP contribution in [0.25, 0.3) is 0 Å². The van der Waals surface area contributed by atoms with E-state index in [9.17, 15) is 0 Å². The highest BCUT2D eigenvalue weighted by molar-refractivity contribution is 5.54. The van der Waals surface area contributed by atoms with Crippen molar-refractivity contribution >= 4 is 11.6 Å². The fourth-order valence-corrected chi connectivity index (χ4v) is 2.89. The van der Waals surface area contributed by atoms with Gasteiger partial charge in [-0.05, 0) is 50.4 Å². The SMILES string of the molecule is CCc1nc(N)c(C)c(NCC(C2CC2)C2CC2)n1. The van der Waals surface area contributed by atoms with Gasteiger partial charge in [0.05, 0.1) is 0 Å². The molecular weight excluding hydrogens is 236 g/mol. The Bertz CT molecular complexity index is 451. The van der Waals surface area contributed by atoms with Crippen LogP contribution in [0, 0.1) is 24.7 Å². The molecule has 0 bridgehead atoms. The van der Waals surface area contributed by atoms with Crippen molar-refractivity contribution in [2.75, 3.05) is 17.6 Å². The summed E-state index contributed by atoms with van der Waals surface area (Å²) < 4.78 is 0. The number of nitrogens with two attached hydrogens (primary N) is 1. The fourth-order valence-electron chi connectivity index (χ4n) is 2.89. The molecule has 4 nitrogen and oxygen atoms in total. The van der Waals surface area contributed by atoms with Gasteiger partial charge in [0.1, 0.15) is 17.5 Å². The number of hydrogen-bond acceptors (Lipinski definition) is 4. The first-order chi connectivity index (χ1) is 9.19. The van der Waals surface area contributed by atoms with Crippen LogP contribution in [0.2, 0.25) is 0 Å². The molecule has 3 N–H and O–H groups in total. The molecule has 0 spiro atoms. The highest BCUT2D eigenvalue weighted by atomic mass is 15.1. The Kier molecular flexibility index (Phi) is 3.33. The van der Waals surface area contributed by atoms with E-state index in [0.717, 1.165) is 47.9 Å². The van der Waals surface area contributed by atoms with Gasteiger partial charge in [0.2, 0.25) is 0 Å². The summed E-state index contributed by atoms with van der Waals surface area (Å²) in [6, 6.07) is 0. The van der Waals surface area contributed by atoms with Gasteiger partial charge < -0.3 is 11.1 Å². The van der Waals surface area contributed by atoms with Crippen molar-refractivity contribution in [1.29, 1.82) is 0 Å².